The Labute approximate surface area is 128 Å². The molecule has 0 heterocycles. The summed E-state index contributed by atoms with van der Waals surface area (Å²) in [6.07, 6.45) is 7.33. The zero-order chi connectivity index (χ0) is 15.9. The maximum Gasteiger partial charge on any atom is 0.184 e. The molecule has 0 aliphatic carbocycles. The van der Waals surface area contributed by atoms with Gasteiger partial charge in [0.25, 0.3) is 0 Å². The smallest absolute Gasteiger partial charge is 0.184 e. The van der Waals surface area contributed by atoms with Crippen LogP contribution in [0.5, 0.6) is 0 Å². The van der Waals surface area contributed by atoms with Crippen LogP contribution in [0.2, 0.25) is 0 Å². The average Bonchev–Trinajstić information content (AvgIpc) is 2.48. The lowest BCUT2D eigenvalue weighted by atomic mass is 9.95. The molecule has 0 unspecified atom stereocenters. The highest BCUT2D eigenvalue weighted by Crippen LogP contribution is 2.37. The fourth-order valence-electron chi connectivity index (χ4n) is 2.66. The van der Waals surface area contributed by atoms with E-state index in [4.69, 9.17) is 0 Å². The van der Waals surface area contributed by atoms with Crippen molar-refractivity contribution in [3.8, 4) is 0 Å². The summed E-state index contributed by atoms with van der Waals surface area (Å²) in [5.41, 5.74) is 0.905. The van der Waals surface area contributed by atoms with Gasteiger partial charge in [-0.05, 0) is 37.0 Å². The maximum atomic E-state index is 13.1. The van der Waals surface area contributed by atoms with Crippen LogP contribution in [-0.2, 0) is 9.84 Å². The number of hydrogen-bond donors (Lipinski definition) is 0. The van der Waals surface area contributed by atoms with Crippen LogP contribution in [0.3, 0.4) is 0 Å². The Balaban J connectivity index is 3.39. The Kier molecular flexibility index (Phi) is 6.16. The van der Waals surface area contributed by atoms with E-state index >= 15 is 0 Å². The zero-order valence-electron chi connectivity index (χ0n) is 12.7. The Bertz CT molecular complexity index is 585. The SMILES string of the molecule is C=CCC(CC=C)(CCC)S(=O)(=O)c1ccc(C=C)cc1. The normalized spacial score (nSPS) is 11.9. The Hall–Kier alpha value is -1.61. The van der Waals surface area contributed by atoms with Gasteiger partial charge in [0.1, 0.15) is 0 Å². The van der Waals surface area contributed by atoms with E-state index in [1.807, 2.05) is 6.92 Å². The first-order chi connectivity index (χ1) is 9.97. The van der Waals surface area contributed by atoms with Gasteiger partial charge in [-0.15, -0.1) is 13.2 Å². The van der Waals surface area contributed by atoms with Crippen molar-refractivity contribution in [1.82, 2.24) is 0 Å². The van der Waals surface area contributed by atoms with Crippen molar-refractivity contribution in [1.29, 1.82) is 0 Å². The molecular formula is C18H24O2S. The van der Waals surface area contributed by atoms with E-state index in [2.05, 4.69) is 19.7 Å². The van der Waals surface area contributed by atoms with Gasteiger partial charge in [-0.25, -0.2) is 8.42 Å². The van der Waals surface area contributed by atoms with Crippen LogP contribution >= 0.6 is 0 Å². The highest BCUT2D eigenvalue weighted by atomic mass is 32.2. The number of hydrogen-bond acceptors (Lipinski definition) is 2. The first-order valence-electron chi connectivity index (χ1n) is 7.16. The van der Waals surface area contributed by atoms with Crippen molar-refractivity contribution >= 4 is 15.9 Å². The second kappa shape index (κ2) is 7.41. The van der Waals surface area contributed by atoms with E-state index in [1.54, 1.807) is 42.5 Å². The predicted molar refractivity (Wildman–Crippen MR) is 91.0 cm³/mol. The van der Waals surface area contributed by atoms with Crippen LogP contribution in [0.1, 0.15) is 38.2 Å². The lowest BCUT2D eigenvalue weighted by Gasteiger charge is -2.31. The summed E-state index contributed by atoms with van der Waals surface area (Å²) < 4.78 is 25.4. The number of sulfone groups is 1. The minimum absolute atomic E-state index is 0.352. The first-order valence-corrected chi connectivity index (χ1v) is 8.64. The monoisotopic (exact) mass is 304 g/mol. The molecule has 0 fully saturated rings. The Morgan fingerprint density at radius 3 is 1.95 bits per heavy atom. The maximum absolute atomic E-state index is 13.1. The summed E-state index contributed by atoms with van der Waals surface area (Å²) >= 11 is 0. The molecule has 0 atom stereocenters. The van der Waals surface area contributed by atoms with Crippen LogP contribution in [0.15, 0.2) is 61.0 Å². The fourth-order valence-corrected chi connectivity index (χ4v) is 4.80. The number of benzene rings is 1. The molecule has 1 aromatic carbocycles. The van der Waals surface area contributed by atoms with Crippen LogP contribution in [0.25, 0.3) is 6.08 Å². The summed E-state index contributed by atoms with van der Waals surface area (Å²) in [6.45, 7) is 13.1. The van der Waals surface area contributed by atoms with Crippen molar-refractivity contribution < 1.29 is 8.42 Å². The van der Waals surface area contributed by atoms with Gasteiger partial charge in [0.15, 0.2) is 9.84 Å². The quantitative estimate of drug-likeness (QED) is 0.614. The second-order valence-electron chi connectivity index (χ2n) is 5.20. The van der Waals surface area contributed by atoms with Gasteiger partial charge in [-0.3, -0.25) is 0 Å². The van der Waals surface area contributed by atoms with E-state index < -0.39 is 14.6 Å². The van der Waals surface area contributed by atoms with Crippen molar-refractivity contribution in [2.24, 2.45) is 0 Å². The molecule has 0 N–H and O–H groups in total. The molecule has 0 aromatic heterocycles. The molecule has 3 heteroatoms. The van der Waals surface area contributed by atoms with E-state index in [0.717, 1.165) is 12.0 Å². The van der Waals surface area contributed by atoms with Gasteiger partial charge in [0.05, 0.1) is 9.64 Å². The molecule has 0 amide bonds. The van der Waals surface area contributed by atoms with Crippen LogP contribution in [0, 0.1) is 0 Å². The van der Waals surface area contributed by atoms with Gasteiger partial charge < -0.3 is 0 Å². The topological polar surface area (TPSA) is 34.1 Å². The van der Waals surface area contributed by atoms with Gasteiger partial charge in [-0.2, -0.15) is 0 Å². The van der Waals surface area contributed by atoms with Crippen molar-refractivity contribution in [2.75, 3.05) is 0 Å². The molecule has 0 radical (unpaired) electrons. The lowest BCUT2D eigenvalue weighted by Crippen LogP contribution is -2.38. The Morgan fingerprint density at radius 1 is 1.05 bits per heavy atom. The molecule has 114 valence electrons. The molecule has 0 saturated carbocycles. The van der Waals surface area contributed by atoms with Crippen LogP contribution in [0.4, 0.5) is 0 Å². The first kappa shape index (κ1) is 17.4. The molecule has 1 rings (SSSR count). The van der Waals surface area contributed by atoms with Gasteiger partial charge in [0, 0.05) is 0 Å². The summed E-state index contributed by atoms with van der Waals surface area (Å²) in [7, 11) is -3.45. The molecule has 0 aliphatic heterocycles. The highest BCUT2D eigenvalue weighted by molar-refractivity contribution is 7.92. The van der Waals surface area contributed by atoms with E-state index in [1.165, 1.54) is 0 Å². The van der Waals surface area contributed by atoms with Crippen molar-refractivity contribution in [3.05, 3.63) is 61.7 Å². The molecule has 21 heavy (non-hydrogen) atoms. The standard InChI is InChI=1S/C18H24O2S/c1-5-13-18(14-6-2,15-7-3)21(19,20)17-11-9-16(8-4)10-12-17/h5-6,8-12H,1-2,4,7,13-15H2,3H3. The molecular weight excluding hydrogens is 280 g/mol. The zero-order valence-corrected chi connectivity index (χ0v) is 13.5. The summed E-state index contributed by atoms with van der Waals surface area (Å²) in [5.74, 6) is 0. The minimum atomic E-state index is -3.45. The van der Waals surface area contributed by atoms with Gasteiger partial charge in [0.2, 0.25) is 0 Å². The van der Waals surface area contributed by atoms with E-state index in [0.29, 0.717) is 24.2 Å². The number of allylic oxidation sites excluding steroid dienone is 2. The van der Waals surface area contributed by atoms with Crippen molar-refractivity contribution in [3.63, 3.8) is 0 Å². The average molecular weight is 304 g/mol. The fraction of sp³-hybridized carbons (Fsp3) is 0.333. The predicted octanol–water partition coefficient (Wildman–Crippen LogP) is 4.79. The molecule has 0 aliphatic rings. The van der Waals surface area contributed by atoms with E-state index in [-0.39, 0.29) is 0 Å². The minimum Gasteiger partial charge on any atom is -0.223 e. The summed E-state index contributed by atoms with van der Waals surface area (Å²) in [5, 5.41) is 0. The number of rotatable bonds is 9. The largest absolute Gasteiger partial charge is 0.223 e. The van der Waals surface area contributed by atoms with Gasteiger partial charge in [-0.1, -0.05) is 50.3 Å². The summed E-state index contributed by atoms with van der Waals surface area (Å²) in [4.78, 5) is 0.352. The third-order valence-electron chi connectivity index (χ3n) is 3.73. The molecule has 0 bridgehead atoms. The van der Waals surface area contributed by atoms with Gasteiger partial charge >= 0.3 is 0 Å². The van der Waals surface area contributed by atoms with Crippen LogP contribution in [-0.4, -0.2) is 13.2 Å². The summed E-state index contributed by atoms with van der Waals surface area (Å²) in [6, 6.07) is 6.86. The third-order valence-corrected chi connectivity index (χ3v) is 6.30. The third kappa shape index (κ3) is 3.53. The van der Waals surface area contributed by atoms with Crippen molar-refractivity contribution in [2.45, 2.75) is 42.2 Å². The van der Waals surface area contributed by atoms with Crippen LogP contribution < -0.4 is 0 Å². The van der Waals surface area contributed by atoms with E-state index in [9.17, 15) is 8.42 Å². The molecule has 1 aromatic rings. The highest BCUT2D eigenvalue weighted by Gasteiger charge is 2.41. The molecule has 2 nitrogen and oxygen atoms in total. The second-order valence-corrected chi connectivity index (χ2v) is 7.54. The Morgan fingerprint density at radius 2 is 1.57 bits per heavy atom. The molecule has 0 spiro atoms. The molecule has 0 saturated heterocycles. The lowest BCUT2D eigenvalue weighted by molar-refractivity contribution is 0.477.